The van der Waals surface area contributed by atoms with Gasteiger partial charge in [0, 0.05) is 23.7 Å². The average Bonchev–Trinajstić information content (AvgIpc) is 2.65. The smallest absolute Gasteiger partial charge is 0.328 e. The third-order valence-corrected chi connectivity index (χ3v) is 4.80. The topological polar surface area (TPSA) is 96.3 Å². The predicted molar refractivity (Wildman–Crippen MR) is 105 cm³/mol. The summed E-state index contributed by atoms with van der Waals surface area (Å²) < 4.78 is 11.4. The van der Waals surface area contributed by atoms with E-state index in [1.165, 1.54) is 32.4 Å². The maximum Gasteiger partial charge on any atom is 0.328 e. The molecule has 7 nitrogen and oxygen atoms in total. The predicted octanol–water partition coefficient (Wildman–Crippen LogP) is 2.93. The lowest BCUT2D eigenvalue weighted by Crippen LogP contribution is -2.55. The van der Waals surface area contributed by atoms with Crippen LogP contribution in [0.1, 0.15) is 19.3 Å². The highest BCUT2D eigenvalue weighted by atomic mass is 35.5. The molecule has 2 heterocycles. The normalized spacial score (nSPS) is 18.6. The molecule has 2 fully saturated rings. The van der Waals surface area contributed by atoms with E-state index in [1.54, 1.807) is 0 Å². The molecule has 2 aliphatic rings. The second-order valence-electron chi connectivity index (χ2n) is 7.08. The molecule has 0 amide bonds. The van der Waals surface area contributed by atoms with Crippen LogP contribution in [0.15, 0.2) is 36.4 Å². The Labute approximate surface area is 169 Å². The number of carboxylic acid groups (broad SMARTS) is 2. The Balaban J connectivity index is 0.000000300. The van der Waals surface area contributed by atoms with Gasteiger partial charge in [-0.15, -0.1) is 0 Å². The van der Waals surface area contributed by atoms with Crippen LogP contribution in [0.25, 0.3) is 0 Å². The van der Waals surface area contributed by atoms with Crippen molar-refractivity contribution < 1.29 is 29.3 Å². The minimum Gasteiger partial charge on any atom is -0.493 e. The van der Waals surface area contributed by atoms with E-state index in [4.69, 9.17) is 31.3 Å². The van der Waals surface area contributed by atoms with Gasteiger partial charge in [-0.05, 0) is 50.2 Å². The fourth-order valence-electron chi connectivity index (χ4n) is 3.11. The maximum atomic E-state index is 9.55. The SMILES string of the molecule is Clc1ccc(OCC2(CN3CCCCC3)COC2)cc1.O=C(O)/C=C\C(=O)O. The van der Waals surface area contributed by atoms with Crippen LogP contribution in [0.2, 0.25) is 5.02 Å². The highest BCUT2D eigenvalue weighted by Gasteiger charge is 2.41. The first kappa shape index (κ1) is 22.2. The van der Waals surface area contributed by atoms with Crippen LogP contribution in [-0.2, 0) is 14.3 Å². The van der Waals surface area contributed by atoms with E-state index in [-0.39, 0.29) is 5.41 Å². The number of benzene rings is 1. The molecule has 28 heavy (non-hydrogen) atoms. The molecule has 0 aromatic heterocycles. The van der Waals surface area contributed by atoms with Crippen LogP contribution >= 0.6 is 11.6 Å². The van der Waals surface area contributed by atoms with Crippen molar-refractivity contribution in [2.75, 3.05) is 39.5 Å². The van der Waals surface area contributed by atoms with Crippen LogP contribution in [-0.4, -0.2) is 66.5 Å². The number of hydrogen-bond donors (Lipinski definition) is 2. The van der Waals surface area contributed by atoms with Crippen molar-refractivity contribution in [3.05, 3.63) is 41.4 Å². The number of likely N-dealkylation sites (tertiary alicyclic amines) is 1. The molecule has 0 aliphatic carbocycles. The highest BCUT2D eigenvalue weighted by molar-refractivity contribution is 6.30. The number of aliphatic carboxylic acids is 2. The third-order valence-electron chi connectivity index (χ3n) is 4.55. The molecule has 0 unspecified atom stereocenters. The number of nitrogens with zero attached hydrogens (tertiary/aromatic N) is 1. The van der Waals surface area contributed by atoms with Crippen molar-refractivity contribution in [2.24, 2.45) is 5.41 Å². The quantitative estimate of drug-likeness (QED) is 0.666. The van der Waals surface area contributed by atoms with Crippen molar-refractivity contribution >= 4 is 23.5 Å². The van der Waals surface area contributed by atoms with E-state index >= 15 is 0 Å². The van der Waals surface area contributed by atoms with Gasteiger partial charge in [-0.3, -0.25) is 0 Å². The lowest BCUT2D eigenvalue weighted by molar-refractivity contribution is -0.145. The number of piperidine rings is 1. The number of hydrogen-bond acceptors (Lipinski definition) is 5. The second kappa shape index (κ2) is 11.0. The van der Waals surface area contributed by atoms with Crippen LogP contribution in [0.3, 0.4) is 0 Å². The largest absolute Gasteiger partial charge is 0.493 e. The van der Waals surface area contributed by atoms with E-state index in [0.29, 0.717) is 12.2 Å². The first-order valence-electron chi connectivity index (χ1n) is 9.21. The van der Waals surface area contributed by atoms with Gasteiger partial charge >= 0.3 is 11.9 Å². The molecule has 1 aromatic rings. The van der Waals surface area contributed by atoms with Gasteiger partial charge in [0.25, 0.3) is 0 Å². The molecular formula is C20H26ClNO6. The van der Waals surface area contributed by atoms with E-state index in [2.05, 4.69) is 4.90 Å². The molecule has 3 rings (SSSR count). The Morgan fingerprint density at radius 1 is 1.07 bits per heavy atom. The summed E-state index contributed by atoms with van der Waals surface area (Å²) in [5, 5.41) is 16.4. The summed E-state index contributed by atoms with van der Waals surface area (Å²) in [7, 11) is 0. The number of carboxylic acids is 2. The fourth-order valence-corrected chi connectivity index (χ4v) is 3.24. The van der Waals surface area contributed by atoms with Crippen molar-refractivity contribution in [2.45, 2.75) is 19.3 Å². The van der Waals surface area contributed by atoms with E-state index < -0.39 is 11.9 Å². The molecule has 8 heteroatoms. The zero-order valence-electron chi connectivity index (χ0n) is 15.7. The molecule has 2 saturated heterocycles. The first-order chi connectivity index (χ1) is 13.4. The van der Waals surface area contributed by atoms with Crippen LogP contribution < -0.4 is 4.74 Å². The van der Waals surface area contributed by atoms with Gasteiger partial charge in [-0.1, -0.05) is 18.0 Å². The monoisotopic (exact) mass is 411 g/mol. The van der Waals surface area contributed by atoms with Gasteiger partial charge in [0.2, 0.25) is 0 Å². The first-order valence-corrected chi connectivity index (χ1v) is 9.59. The van der Waals surface area contributed by atoms with Crippen LogP contribution in [0.5, 0.6) is 5.75 Å². The minimum atomic E-state index is -1.26. The van der Waals surface area contributed by atoms with Crippen molar-refractivity contribution in [3.8, 4) is 5.75 Å². The van der Waals surface area contributed by atoms with Gasteiger partial charge in [0.15, 0.2) is 0 Å². The summed E-state index contributed by atoms with van der Waals surface area (Å²) in [5.41, 5.74) is 0.178. The molecule has 154 valence electrons. The average molecular weight is 412 g/mol. The molecule has 0 atom stereocenters. The number of rotatable bonds is 7. The van der Waals surface area contributed by atoms with Gasteiger partial charge in [-0.25, -0.2) is 9.59 Å². The summed E-state index contributed by atoms with van der Waals surface area (Å²) in [6.45, 7) is 5.91. The minimum absolute atomic E-state index is 0.178. The Bertz CT molecular complexity index is 650. The van der Waals surface area contributed by atoms with Crippen molar-refractivity contribution in [1.29, 1.82) is 0 Å². The molecule has 1 aromatic carbocycles. The Kier molecular flexibility index (Phi) is 8.76. The lowest BCUT2D eigenvalue weighted by Gasteiger charge is -2.45. The maximum absolute atomic E-state index is 9.55. The number of carbonyl (C=O) groups is 2. The summed E-state index contributed by atoms with van der Waals surface area (Å²) in [6, 6.07) is 7.59. The van der Waals surface area contributed by atoms with E-state index in [0.717, 1.165) is 37.1 Å². The van der Waals surface area contributed by atoms with Gasteiger partial charge in [0.1, 0.15) is 5.75 Å². The zero-order valence-corrected chi connectivity index (χ0v) is 16.4. The van der Waals surface area contributed by atoms with Crippen LogP contribution in [0, 0.1) is 5.41 Å². The van der Waals surface area contributed by atoms with E-state index in [9.17, 15) is 9.59 Å². The molecule has 0 bridgehead atoms. The van der Waals surface area contributed by atoms with Gasteiger partial charge in [-0.2, -0.15) is 0 Å². The molecule has 2 aliphatic heterocycles. The third kappa shape index (κ3) is 7.88. The molecule has 0 saturated carbocycles. The lowest BCUT2D eigenvalue weighted by atomic mass is 9.85. The zero-order chi connectivity index (χ0) is 20.4. The van der Waals surface area contributed by atoms with Gasteiger partial charge in [0.05, 0.1) is 25.2 Å². The molecule has 0 spiro atoms. The summed E-state index contributed by atoms with van der Waals surface area (Å²) in [4.78, 5) is 21.7. The Morgan fingerprint density at radius 2 is 1.64 bits per heavy atom. The molecule has 2 N–H and O–H groups in total. The Hall–Kier alpha value is -2.09. The van der Waals surface area contributed by atoms with E-state index in [1.807, 2.05) is 24.3 Å². The standard InChI is InChI=1S/C16H22ClNO2.C4H4O4/c17-14-4-6-15(7-5-14)20-13-16(11-19-12-16)10-18-8-2-1-3-9-18;5-3(6)1-2-4(7)8/h4-7H,1-3,8-13H2;1-2H,(H,5,6)(H,7,8)/b;2-1-. The molecule has 0 radical (unpaired) electrons. The molecular weight excluding hydrogens is 386 g/mol. The summed E-state index contributed by atoms with van der Waals surface area (Å²) >= 11 is 5.89. The number of halogens is 1. The summed E-state index contributed by atoms with van der Waals surface area (Å²) in [5.74, 6) is -1.63. The van der Waals surface area contributed by atoms with Crippen molar-refractivity contribution in [1.82, 2.24) is 4.90 Å². The fraction of sp³-hybridized carbons (Fsp3) is 0.500. The number of ether oxygens (including phenoxy) is 2. The van der Waals surface area contributed by atoms with Crippen LogP contribution in [0.4, 0.5) is 0 Å². The van der Waals surface area contributed by atoms with Crippen molar-refractivity contribution in [3.63, 3.8) is 0 Å². The highest BCUT2D eigenvalue weighted by Crippen LogP contribution is 2.31. The summed E-state index contributed by atoms with van der Waals surface area (Å²) in [6.07, 6.45) is 5.15. The second-order valence-corrected chi connectivity index (χ2v) is 7.52. The van der Waals surface area contributed by atoms with Gasteiger partial charge < -0.3 is 24.6 Å². The Morgan fingerprint density at radius 3 is 2.11 bits per heavy atom.